The summed E-state index contributed by atoms with van der Waals surface area (Å²) in [5.74, 6) is -1.46. The maximum atomic E-state index is 13.1. The predicted octanol–water partition coefficient (Wildman–Crippen LogP) is 4.66. The van der Waals surface area contributed by atoms with Gasteiger partial charge in [0.05, 0.1) is 5.56 Å². The van der Waals surface area contributed by atoms with Gasteiger partial charge in [-0.1, -0.05) is 11.6 Å². The number of rotatable bonds is 3. The zero-order valence-corrected chi connectivity index (χ0v) is 11.3. The Hall–Kier alpha value is -1.95. The van der Waals surface area contributed by atoms with E-state index in [9.17, 15) is 17.6 Å². The fraction of sp³-hybridized carbons (Fsp3) is 0.143. The Balaban J connectivity index is 2.19. The normalized spacial score (nSPS) is 11.5. The lowest BCUT2D eigenvalue weighted by molar-refractivity contribution is -0.140. The van der Waals surface area contributed by atoms with E-state index in [1.807, 2.05) is 0 Å². The van der Waals surface area contributed by atoms with E-state index < -0.39 is 17.6 Å². The molecule has 112 valence electrons. The second kappa shape index (κ2) is 5.81. The second-order valence-electron chi connectivity index (χ2n) is 4.27. The molecule has 0 aromatic heterocycles. The zero-order chi connectivity index (χ0) is 15.6. The van der Waals surface area contributed by atoms with E-state index in [4.69, 9.17) is 22.1 Å². The highest BCUT2D eigenvalue weighted by Crippen LogP contribution is 2.33. The first-order chi connectivity index (χ1) is 9.77. The first kappa shape index (κ1) is 15.4. The van der Waals surface area contributed by atoms with Crippen molar-refractivity contribution in [3.8, 4) is 5.75 Å². The van der Waals surface area contributed by atoms with E-state index >= 15 is 0 Å². The molecule has 21 heavy (non-hydrogen) atoms. The highest BCUT2D eigenvalue weighted by molar-refractivity contribution is 6.30. The smallest absolute Gasteiger partial charge is 0.419 e. The minimum atomic E-state index is -4.78. The van der Waals surface area contributed by atoms with Crippen LogP contribution in [-0.4, -0.2) is 0 Å². The first-order valence-electron chi connectivity index (χ1n) is 5.81. The topological polar surface area (TPSA) is 35.2 Å². The molecule has 0 aliphatic rings. The molecule has 2 nitrogen and oxygen atoms in total. The zero-order valence-electron chi connectivity index (χ0n) is 10.5. The molecule has 7 heteroatoms. The van der Waals surface area contributed by atoms with E-state index in [2.05, 4.69) is 0 Å². The SMILES string of the molecule is Nc1ccc(Cl)cc1COc1ccc(F)c(C(F)(F)F)c1. The number of halogens is 5. The molecule has 0 spiro atoms. The molecule has 0 bridgehead atoms. The largest absolute Gasteiger partial charge is 0.489 e. The molecule has 2 rings (SSSR count). The molecule has 0 unspecified atom stereocenters. The summed E-state index contributed by atoms with van der Waals surface area (Å²) < 4.78 is 56.1. The van der Waals surface area contributed by atoms with Crippen LogP contribution >= 0.6 is 11.6 Å². The fourth-order valence-corrected chi connectivity index (χ4v) is 1.87. The van der Waals surface area contributed by atoms with Crippen LogP contribution < -0.4 is 10.5 Å². The fourth-order valence-electron chi connectivity index (χ4n) is 1.67. The quantitative estimate of drug-likeness (QED) is 0.659. The number of nitrogen functional groups attached to an aromatic ring is 1. The Kier molecular flexibility index (Phi) is 4.27. The molecule has 0 saturated carbocycles. The molecular formula is C14H10ClF4NO. The molecule has 0 fully saturated rings. The number of alkyl halides is 3. The Labute approximate surface area is 123 Å². The van der Waals surface area contributed by atoms with Crippen molar-refractivity contribution in [2.24, 2.45) is 0 Å². The third kappa shape index (κ3) is 3.78. The van der Waals surface area contributed by atoms with Gasteiger partial charge in [-0.15, -0.1) is 0 Å². The molecule has 0 aliphatic carbocycles. The standard InChI is InChI=1S/C14H10ClF4NO/c15-9-1-4-13(20)8(5-9)7-21-10-2-3-12(16)11(6-10)14(17,18)19/h1-6H,7,20H2. The van der Waals surface area contributed by atoms with Gasteiger partial charge in [0.15, 0.2) is 0 Å². The van der Waals surface area contributed by atoms with E-state index in [1.54, 1.807) is 18.2 Å². The molecular weight excluding hydrogens is 310 g/mol. The molecule has 0 aliphatic heterocycles. The Morgan fingerprint density at radius 1 is 1.10 bits per heavy atom. The monoisotopic (exact) mass is 319 g/mol. The molecule has 0 amide bonds. The lowest BCUT2D eigenvalue weighted by atomic mass is 10.2. The van der Waals surface area contributed by atoms with Crippen molar-refractivity contribution in [2.75, 3.05) is 5.73 Å². The van der Waals surface area contributed by atoms with Crippen LogP contribution in [0.4, 0.5) is 23.2 Å². The summed E-state index contributed by atoms with van der Waals surface area (Å²) in [7, 11) is 0. The summed E-state index contributed by atoms with van der Waals surface area (Å²) in [4.78, 5) is 0. The van der Waals surface area contributed by atoms with Crippen molar-refractivity contribution in [3.05, 3.63) is 58.4 Å². The molecule has 2 N–H and O–H groups in total. The maximum Gasteiger partial charge on any atom is 0.419 e. The third-order valence-electron chi connectivity index (χ3n) is 2.74. The Morgan fingerprint density at radius 2 is 1.81 bits per heavy atom. The number of ether oxygens (including phenoxy) is 1. The van der Waals surface area contributed by atoms with E-state index in [1.165, 1.54) is 0 Å². The van der Waals surface area contributed by atoms with Gasteiger partial charge in [0, 0.05) is 16.3 Å². The maximum absolute atomic E-state index is 13.1. The highest BCUT2D eigenvalue weighted by Gasteiger charge is 2.34. The van der Waals surface area contributed by atoms with Crippen molar-refractivity contribution in [3.63, 3.8) is 0 Å². The van der Waals surface area contributed by atoms with Gasteiger partial charge in [-0.2, -0.15) is 13.2 Å². The van der Waals surface area contributed by atoms with Gasteiger partial charge in [-0.3, -0.25) is 0 Å². The van der Waals surface area contributed by atoms with Crippen LogP contribution in [0.2, 0.25) is 5.02 Å². The van der Waals surface area contributed by atoms with Gasteiger partial charge in [0.25, 0.3) is 0 Å². The number of nitrogens with two attached hydrogens (primary N) is 1. The number of anilines is 1. The molecule has 2 aromatic rings. The van der Waals surface area contributed by atoms with Crippen LogP contribution in [0.1, 0.15) is 11.1 Å². The van der Waals surface area contributed by atoms with Crippen molar-refractivity contribution in [1.82, 2.24) is 0 Å². The number of hydrogen-bond acceptors (Lipinski definition) is 2. The average molecular weight is 320 g/mol. The van der Waals surface area contributed by atoms with Crippen molar-refractivity contribution < 1.29 is 22.3 Å². The summed E-state index contributed by atoms with van der Waals surface area (Å²) in [6.07, 6.45) is -4.78. The van der Waals surface area contributed by atoms with Crippen LogP contribution in [0.3, 0.4) is 0 Å². The molecule has 0 radical (unpaired) electrons. The molecule has 0 saturated heterocycles. The van der Waals surface area contributed by atoms with Crippen LogP contribution in [0.15, 0.2) is 36.4 Å². The van der Waals surface area contributed by atoms with E-state index in [0.29, 0.717) is 28.4 Å². The average Bonchev–Trinajstić information content (AvgIpc) is 2.40. The van der Waals surface area contributed by atoms with Gasteiger partial charge >= 0.3 is 6.18 Å². The van der Waals surface area contributed by atoms with Crippen LogP contribution in [0.25, 0.3) is 0 Å². The van der Waals surface area contributed by atoms with E-state index in [-0.39, 0.29) is 12.4 Å². The van der Waals surface area contributed by atoms with Gasteiger partial charge in [0.2, 0.25) is 0 Å². The van der Waals surface area contributed by atoms with Gasteiger partial charge in [0.1, 0.15) is 18.2 Å². The second-order valence-corrected chi connectivity index (χ2v) is 4.71. The lowest BCUT2D eigenvalue weighted by Gasteiger charge is -2.12. The Morgan fingerprint density at radius 3 is 2.48 bits per heavy atom. The summed E-state index contributed by atoms with van der Waals surface area (Å²) >= 11 is 5.79. The first-order valence-corrected chi connectivity index (χ1v) is 6.18. The molecule has 2 aromatic carbocycles. The highest BCUT2D eigenvalue weighted by atomic mass is 35.5. The van der Waals surface area contributed by atoms with Crippen LogP contribution in [0.5, 0.6) is 5.75 Å². The third-order valence-corrected chi connectivity index (χ3v) is 2.98. The van der Waals surface area contributed by atoms with Crippen LogP contribution in [-0.2, 0) is 12.8 Å². The van der Waals surface area contributed by atoms with Gasteiger partial charge in [-0.25, -0.2) is 4.39 Å². The minimum absolute atomic E-state index is 0.0741. The lowest BCUT2D eigenvalue weighted by Crippen LogP contribution is -2.08. The van der Waals surface area contributed by atoms with Crippen molar-refractivity contribution in [2.45, 2.75) is 12.8 Å². The Bertz CT molecular complexity index is 658. The number of hydrogen-bond donors (Lipinski definition) is 1. The molecule has 0 atom stereocenters. The number of benzene rings is 2. The molecule has 0 heterocycles. The van der Waals surface area contributed by atoms with Crippen molar-refractivity contribution in [1.29, 1.82) is 0 Å². The summed E-state index contributed by atoms with van der Waals surface area (Å²) in [6.45, 7) is -0.0741. The van der Waals surface area contributed by atoms with E-state index in [0.717, 1.165) is 6.07 Å². The van der Waals surface area contributed by atoms with Gasteiger partial charge < -0.3 is 10.5 Å². The predicted molar refractivity (Wildman–Crippen MR) is 71.6 cm³/mol. The summed E-state index contributed by atoms with van der Waals surface area (Å²) in [5, 5.41) is 0.429. The minimum Gasteiger partial charge on any atom is -0.489 e. The summed E-state index contributed by atoms with van der Waals surface area (Å²) in [5.41, 5.74) is 5.25. The van der Waals surface area contributed by atoms with Crippen molar-refractivity contribution >= 4 is 17.3 Å². The van der Waals surface area contributed by atoms with Gasteiger partial charge in [-0.05, 0) is 36.4 Å². The van der Waals surface area contributed by atoms with Crippen LogP contribution in [0, 0.1) is 5.82 Å². The summed E-state index contributed by atoms with van der Waals surface area (Å²) in [6, 6.07) is 7.12.